The van der Waals surface area contributed by atoms with Gasteiger partial charge in [-0.15, -0.1) is 0 Å². The highest BCUT2D eigenvalue weighted by Crippen LogP contribution is 2.46. The molecule has 2 atom stereocenters. The van der Waals surface area contributed by atoms with Crippen LogP contribution >= 0.6 is 0 Å². The minimum absolute atomic E-state index is 0.00404. The Hall–Kier alpha value is -1.78. The summed E-state index contributed by atoms with van der Waals surface area (Å²) in [5.41, 5.74) is 1.13. The van der Waals surface area contributed by atoms with Crippen LogP contribution < -0.4 is 0 Å². The van der Waals surface area contributed by atoms with Gasteiger partial charge in [0.15, 0.2) is 0 Å². The van der Waals surface area contributed by atoms with Gasteiger partial charge in [0.2, 0.25) is 0 Å². The average molecular weight is 284 g/mol. The van der Waals surface area contributed by atoms with Gasteiger partial charge >= 0.3 is 12.1 Å². The van der Waals surface area contributed by atoms with Crippen LogP contribution in [-0.4, -0.2) is 12.6 Å². The van der Waals surface area contributed by atoms with Crippen LogP contribution in [-0.2, 0) is 15.7 Å². The lowest BCUT2D eigenvalue weighted by Crippen LogP contribution is -2.31. The maximum absolute atomic E-state index is 12.5. The van der Waals surface area contributed by atoms with E-state index in [1.807, 2.05) is 0 Å². The minimum atomic E-state index is -4.32. The van der Waals surface area contributed by atoms with Crippen molar-refractivity contribution in [2.24, 2.45) is 5.92 Å². The zero-order valence-electron chi connectivity index (χ0n) is 11.0. The van der Waals surface area contributed by atoms with E-state index < -0.39 is 11.7 Å². The van der Waals surface area contributed by atoms with Crippen LogP contribution in [0.5, 0.6) is 0 Å². The molecule has 0 aliphatic heterocycles. The fourth-order valence-electron chi connectivity index (χ4n) is 2.41. The molecule has 1 fully saturated rings. The fourth-order valence-corrected chi connectivity index (χ4v) is 2.41. The molecule has 20 heavy (non-hydrogen) atoms. The summed E-state index contributed by atoms with van der Waals surface area (Å²) < 4.78 is 42.4. The van der Waals surface area contributed by atoms with Gasteiger partial charge < -0.3 is 4.74 Å². The second-order valence-electron chi connectivity index (χ2n) is 5.00. The van der Waals surface area contributed by atoms with E-state index in [0.717, 1.165) is 29.7 Å². The van der Waals surface area contributed by atoms with E-state index in [1.54, 1.807) is 0 Å². The van der Waals surface area contributed by atoms with Crippen LogP contribution in [0.3, 0.4) is 0 Å². The second kappa shape index (κ2) is 5.31. The topological polar surface area (TPSA) is 26.3 Å². The smallest absolute Gasteiger partial charge is 0.416 e. The number of carbonyl (C=O) groups is 1. The highest BCUT2D eigenvalue weighted by atomic mass is 19.4. The van der Waals surface area contributed by atoms with Gasteiger partial charge in [-0.2, -0.15) is 13.2 Å². The number of rotatable bonds is 3. The van der Waals surface area contributed by atoms with Crippen LogP contribution in [0.25, 0.3) is 0 Å². The molecule has 2 nitrogen and oxygen atoms in total. The Labute approximate surface area is 115 Å². The molecule has 1 aliphatic rings. The molecule has 1 saturated carbocycles. The molecule has 1 aliphatic carbocycles. The van der Waals surface area contributed by atoms with E-state index in [9.17, 15) is 18.0 Å². The first-order valence-electron chi connectivity index (χ1n) is 6.27. The Morgan fingerprint density at radius 3 is 2.40 bits per heavy atom. The predicted octanol–water partition coefficient (Wildman–Crippen LogP) is 3.93. The van der Waals surface area contributed by atoms with Crippen LogP contribution in [0.1, 0.15) is 30.4 Å². The molecule has 0 spiro atoms. The largest absolute Gasteiger partial charge is 0.465 e. The van der Waals surface area contributed by atoms with Gasteiger partial charge in [-0.05, 0) is 30.0 Å². The molecule has 0 saturated heterocycles. The third-order valence-electron chi connectivity index (χ3n) is 3.62. The van der Waals surface area contributed by atoms with Crippen molar-refractivity contribution in [1.29, 1.82) is 0 Å². The predicted molar refractivity (Wildman–Crippen MR) is 68.1 cm³/mol. The maximum Gasteiger partial charge on any atom is 0.416 e. The van der Waals surface area contributed by atoms with Gasteiger partial charge in [0.25, 0.3) is 0 Å². The maximum atomic E-state index is 12.5. The van der Waals surface area contributed by atoms with Gasteiger partial charge in [0.1, 0.15) is 0 Å². The summed E-state index contributed by atoms with van der Waals surface area (Å²) >= 11 is 0. The average Bonchev–Trinajstić information content (AvgIpc) is 2.34. The van der Waals surface area contributed by atoms with Gasteiger partial charge in [0, 0.05) is 12.8 Å². The van der Waals surface area contributed by atoms with Crippen molar-refractivity contribution in [1.82, 2.24) is 0 Å². The summed E-state index contributed by atoms with van der Waals surface area (Å²) in [6.45, 7) is 5.44. The van der Waals surface area contributed by atoms with Crippen LogP contribution in [0.15, 0.2) is 36.4 Å². The summed E-state index contributed by atoms with van der Waals surface area (Å²) in [6, 6.07) is 5.14. The Balaban J connectivity index is 2.08. The SMILES string of the molecule is C=C1C[C@H](c2ccc(C(F)(F)F)cc2)[C@H]1COC(C)=O. The normalized spacial score (nSPS) is 22.3. The van der Waals surface area contributed by atoms with Crippen molar-refractivity contribution in [3.8, 4) is 0 Å². The number of alkyl halides is 3. The molecule has 2 rings (SSSR count). The second-order valence-corrected chi connectivity index (χ2v) is 5.00. The molecule has 0 unspecified atom stereocenters. The molecule has 1 aromatic carbocycles. The molecule has 0 heterocycles. The molecular formula is C15H15F3O2. The molecule has 0 aromatic heterocycles. The Morgan fingerprint density at radius 1 is 1.35 bits per heavy atom. The van der Waals surface area contributed by atoms with E-state index in [-0.39, 0.29) is 24.4 Å². The van der Waals surface area contributed by atoms with Gasteiger partial charge in [0.05, 0.1) is 12.2 Å². The lowest BCUT2D eigenvalue weighted by molar-refractivity contribution is -0.142. The lowest BCUT2D eigenvalue weighted by Gasteiger charge is -2.39. The highest BCUT2D eigenvalue weighted by molar-refractivity contribution is 5.66. The first kappa shape index (κ1) is 14.6. The van der Waals surface area contributed by atoms with Crippen molar-refractivity contribution in [3.63, 3.8) is 0 Å². The molecular weight excluding hydrogens is 269 g/mol. The quantitative estimate of drug-likeness (QED) is 0.621. The first-order valence-corrected chi connectivity index (χ1v) is 6.27. The zero-order chi connectivity index (χ0) is 14.9. The molecule has 0 N–H and O–H groups in total. The van der Waals surface area contributed by atoms with Gasteiger partial charge in [-0.3, -0.25) is 4.79 Å². The Kier molecular flexibility index (Phi) is 3.88. The molecule has 5 heteroatoms. The monoisotopic (exact) mass is 284 g/mol. The van der Waals surface area contributed by atoms with E-state index in [4.69, 9.17) is 4.74 Å². The summed E-state index contributed by atoms with van der Waals surface area (Å²) in [5, 5.41) is 0. The van der Waals surface area contributed by atoms with Crippen molar-refractivity contribution in [2.45, 2.75) is 25.4 Å². The molecule has 108 valence electrons. The fraction of sp³-hybridized carbons (Fsp3) is 0.400. The highest BCUT2D eigenvalue weighted by Gasteiger charge is 2.37. The summed E-state index contributed by atoms with van der Waals surface area (Å²) in [6.07, 6.45) is -3.60. The minimum Gasteiger partial charge on any atom is -0.465 e. The number of carbonyl (C=O) groups excluding carboxylic acids is 1. The Bertz CT molecular complexity index is 517. The van der Waals surface area contributed by atoms with Crippen LogP contribution in [0.4, 0.5) is 13.2 Å². The molecule has 0 bridgehead atoms. The van der Waals surface area contributed by atoms with Crippen molar-refractivity contribution >= 4 is 5.97 Å². The number of hydrogen-bond donors (Lipinski definition) is 0. The number of esters is 1. The zero-order valence-corrected chi connectivity index (χ0v) is 11.0. The van der Waals surface area contributed by atoms with E-state index in [0.29, 0.717) is 0 Å². The molecule has 1 aromatic rings. The number of hydrogen-bond acceptors (Lipinski definition) is 2. The lowest BCUT2D eigenvalue weighted by atomic mass is 9.67. The van der Waals surface area contributed by atoms with E-state index in [2.05, 4.69) is 6.58 Å². The van der Waals surface area contributed by atoms with Crippen molar-refractivity contribution < 1.29 is 22.7 Å². The van der Waals surface area contributed by atoms with Gasteiger partial charge in [-0.25, -0.2) is 0 Å². The van der Waals surface area contributed by atoms with E-state index >= 15 is 0 Å². The molecule has 0 amide bonds. The van der Waals surface area contributed by atoms with Crippen LogP contribution in [0, 0.1) is 5.92 Å². The number of ether oxygens (including phenoxy) is 1. The van der Waals surface area contributed by atoms with E-state index in [1.165, 1.54) is 19.1 Å². The third-order valence-corrected chi connectivity index (χ3v) is 3.62. The Morgan fingerprint density at radius 2 is 1.95 bits per heavy atom. The summed E-state index contributed by atoms with van der Waals surface area (Å²) in [5.74, 6) is -0.296. The number of benzene rings is 1. The standard InChI is InChI=1S/C15H15F3O2/c1-9-7-13(14(9)8-20-10(2)19)11-3-5-12(6-4-11)15(16,17)18/h3-6,13-14H,1,7-8H2,2H3/t13-,14+/m1/s1. The summed E-state index contributed by atoms with van der Waals surface area (Å²) in [7, 11) is 0. The number of halogens is 3. The van der Waals surface area contributed by atoms with Gasteiger partial charge in [-0.1, -0.05) is 24.3 Å². The van der Waals surface area contributed by atoms with Crippen LogP contribution in [0.2, 0.25) is 0 Å². The van der Waals surface area contributed by atoms with Crippen molar-refractivity contribution in [3.05, 3.63) is 47.5 Å². The molecule has 0 radical (unpaired) electrons. The third kappa shape index (κ3) is 3.03. The van der Waals surface area contributed by atoms with Crippen molar-refractivity contribution in [2.75, 3.05) is 6.61 Å². The summed E-state index contributed by atoms with van der Waals surface area (Å²) in [4.78, 5) is 10.8. The first-order chi connectivity index (χ1) is 9.29.